The molecule has 2 heterocycles. The maximum atomic E-state index is 14.1. The van der Waals surface area contributed by atoms with E-state index in [9.17, 15) is 23.9 Å². The minimum atomic E-state index is -0.944. The maximum Gasteiger partial charge on any atom is 0.257 e. The summed E-state index contributed by atoms with van der Waals surface area (Å²) in [6.07, 6.45) is 4.73. The minimum Gasteiger partial charge on any atom is -0.503 e. The quantitative estimate of drug-likeness (QED) is 0.660. The van der Waals surface area contributed by atoms with Crippen LogP contribution in [0.4, 0.5) is 4.39 Å². The molecule has 1 spiro atoms. The number of fused-ring (bicyclic) bond motifs is 1. The number of aromatic nitrogens is 1. The number of amides is 1. The molecule has 1 amide bonds. The van der Waals surface area contributed by atoms with Gasteiger partial charge >= 0.3 is 0 Å². The topological polar surface area (TPSA) is 97.6 Å². The lowest BCUT2D eigenvalue weighted by molar-refractivity contribution is -0.0482. The van der Waals surface area contributed by atoms with Gasteiger partial charge in [-0.2, -0.15) is 0 Å². The van der Waals surface area contributed by atoms with Crippen LogP contribution in [-0.4, -0.2) is 34.6 Å². The number of halogens is 2. The number of allylic oxidation sites excluding steroid dienone is 2. The molecule has 2 aliphatic rings. The van der Waals surface area contributed by atoms with Crippen LogP contribution in [0.25, 0.3) is 0 Å². The fourth-order valence-corrected chi connectivity index (χ4v) is 5.03. The molecule has 1 aromatic heterocycles. The van der Waals surface area contributed by atoms with Crippen molar-refractivity contribution in [1.82, 2.24) is 9.88 Å². The highest BCUT2D eigenvalue weighted by molar-refractivity contribution is 6.30. The molecule has 0 saturated heterocycles. The van der Waals surface area contributed by atoms with Crippen LogP contribution in [0.3, 0.4) is 0 Å². The van der Waals surface area contributed by atoms with Gasteiger partial charge in [0.25, 0.3) is 5.91 Å². The Morgan fingerprint density at radius 3 is 2.79 bits per heavy atom. The molecule has 1 fully saturated rings. The number of benzene rings is 1. The molecule has 2 N–H and O–H groups in total. The van der Waals surface area contributed by atoms with Crippen LogP contribution in [0, 0.1) is 11.2 Å². The van der Waals surface area contributed by atoms with Gasteiger partial charge in [0, 0.05) is 43.8 Å². The molecule has 174 valence electrons. The first-order chi connectivity index (χ1) is 15.7. The van der Waals surface area contributed by atoms with Crippen LogP contribution in [-0.2, 0) is 17.8 Å². The van der Waals surface area contributed by atoms with Crippen LogP contribution in [0.15, 0.2) is 40.8 Å². The smallest absolute Gasteiger partial charge is 0.257 e. The maximum absolute atomic E-state index is 14.1. The summed E-state index contributed by atoms with van der Waals surface area (Å²) in [5.74, 6) is -2.59. The van der Waals surface area contributed by atoms with E-state index in [0.717, 1.165) is 5.57 Å². The summed E-state index contributed by atoms with van der Waals surface area (Å²) in [6.45, 7) is 1.98. The zero-order valence-electron chi connectivity index (χ0n) is 18.3. The molecule has 33 heavy (non-hydrogen) atoms. The number of nitrogens with one attached hydrogen (secondary N) is 1. The van der Waals surface area contributed by atoms with Gasteiger partial charge in [-0.15, -0.1) is 0 Å². The van der Waals surface area contributed by atoms with Crippen LogP contribution < -0.4 is 10.7 Å². The molecule has 1 aromatic carbocycles. The normalized spacial score (nSPS) is 23.2. The molecule has 2 aromatic rings. The molecule has 7 nitrogen and oxygen atoms in total. The van der Waals surface area contributed by atoms with Gasteiger partial charge in [0.05, 0.1) is 11.1 Å². The van der Waals surface area contributed by atoms with Crippen LogP contribution >= 0.6 is 11.6 Å². The molecular formula is C24H24ClFN2O5. The standard InChI is InChI=1S/C24H24ClFN2O5/c1-3-14-7-18(29)20-22(31)21(30)16(11-28(20)12-24(14)8-15(9-24)33-2)23(32)27-10-13-5-4-6-17(25)19(13)26/h3-6,11,15,31H,7-10,12H2,1-2H3,(H,27,32)/b14-3-. The second-order valence-electron chi connectivity index (χ2n) is 8.55. The zero-order chi connectivity index (χ0) is 23.9. The number of Topliss-reactive ketones (excluding diaryl/α,β-unsaturated/α-hetero) is 1. The monoisotopic (exact) mass is 474 g/mol. The number of methoxy groups -OCH3 is 1. The summed E-state index contributed by atoms with van der Waals surface area (Å²) in [5, 5.41) is 13.0. The second-order valence-corrected chi connectivity index (χ2v) is 8.96. The Morgan fingerprint density at radius 1 is 1.39 bits per heavy atom. The predicted octanol–water partition coefficient (Wildman–Crippen LogP) is 3.60. The van der Waals surface area contributed by atoms with E-state index in [1.165, 1.54) is 22.9 Å². The molecule has 0 radical (unpaired) electrons. The van der Waals surface area contributed by atoms with Crippen LogP contribution in [0.2, 0.25) is 5.02 Å². The second kappa shape index (κ2) is 8.76. The Bertz CT molecular complexity index is 1230. The van der Waals surface area contributed by atoms with Crippen molar-refractivity contribution in [1.29, 1.82) is 0 Å². The van der Waals surface area contributed by atoms with Crippen molar-refractivity contribution in [2.45, 2.75) is 45.4 Å². The van der Waals surface area contributed by atoms with Gasteiger partial charge in [-0.3, -0.25) is 14.4 Å². The number of nitrogens with zero attached hydrogens (tertiary/aromatic N) is 1. The number of carbonyl (C=O) groups excluding carboxylic acids is 2. The highest BCUT2D eigenvalue weighted by Gasteiger charge is 2.49. The van der Waals surface area contributed by atoms with Gasteiger partial charge in [0.15, 0.2) is 11.5 Å². The average molecular weight is 475 g/mol. The summed E-state index contributed by atoms with van der Waals surface area (Å²) in [7, 11) is 1.64. The van der Waals surface area contributed by atoms with Crippen LogP contribution in [0.5, 0.6) is 5.75 Å². The zero-order valence-corrected chi connectivity index (χ0v) is 19.0. The molecule has 1 aliphatic heterocycles. The SMILES string of the molecule is C/C=C1/CC(=O)c2c(O)c(=O)c(C(=O)NCc3cccc(Cl)c3F)cn2CC12CC(OC)C2. The molecular weight excluding hydrogens is 451 g/mol. The van der Waals surface area contributed by atoms with Crippen molar-refractivity contribution in [2.24, 2.45) is 5.41 Å². The fraction of sp³-hybridized carbons (Fsp3) is 0.375. The third kappa shape index (κ3) is 3.98. The first-order valence-electron chi connectivity index (χ1n) is 10.6. The summed E-state index contributed by atoms with van der Waals surface area (Å²) in [6, 6.07) is 4.40. The third-order valence-electron chi connectivity index (χ3n) is 6.66. The van der Waals surface area contributed by atoms with Crippen molar-refractivity contribution < 1.29 is 23.8 Å². The van der Waals surface area contributed by atoms with E-state index in [1.807, 2.05) is 13.0 Å². The van der Waals surface area contributed by atoms with Crippen molar-refractivity contribution in [3.8, 4) is 5.75 Å². The van der Waals surface area contributed by atoms with E-state index < -0.39 is 22.9 Å². The molecule has 1 saturated carbocycles. The fourth-order valence-electron chi connectivity index (χ4n) is 4.83. The Kier molecular flexibility index (Phi) is 6.16. The summed E-state index contributed by atoms with van der Waals surface area (Å²) in [5.41, 5.74) is -0.640. The lowest BCUT2D eigenvalue weighted by atomic mass is 9.61. The molecule has 1 aliphatic carbocycles. The molecule has 9 heteroatoms. The lowest BCUT2D eigenvalue weighted by Crippen LogP contribution is -2.46. The number of rotatable bonds is 4. The number of aromatic hydroxyl groups is 1. The van der Waals surface area contributed by atoms with E-state index in [-0.39, 0.29) is 52.1 Å². The third-order valence-corrected chi connectivity index (χ3v) is 6.95. The number of hydrogen-bond donors (Lipinski definition) is 2. The number of carbonyl (C=O) groups is 2. The molecule has 4 rings (SSSR count). The van der Waals surface area contributed by atoms with E-state index in [0.29, 0.717) is 19.4 Å². The average Bonchev–Trinajstić information content (AvgIpc) is 2.89. The van der Waals surface area contributed by atoms with Gasteiger partial charge in [-0.1, -0.05) is 35.4 Å². The highest BCUT2D eigenvalue weighted by Crippen LogP contribution is 2.52. The van der Waals surface area contributed by atoms with Crippen molar-refractivity contribution in [3.05, 3.63) is 73.9 Å². The Balaban J connectivity index is 1.68. The largest absolute Gasteiger partial charge is 0.503 e. The van der Waals surface area contributed by atoms with Gasteiger partial charge < -0.3 is 19.7 Å². The lowest BCUT2D eigenvalue weighted by Gasteiger charge is -2.48. The molecule has 0 unspecified atom stereocenters. The first-order valence-corrected chi connectivity index (χ1v) is 11.0. The van der Waals surface area contributed by atoms with E-state index in [2.05, 4.69) is 5.32 Å². The van der Waals surface area contributed by atoms with Gasteiger partial charge in [-0.25, -0.2) is 4.39 Å². The number of hydrogen-bond acceptors (Lipinski definition) is 5. The van der Waals surface area contributed by atoms with Gasteiger partial charge in [-0.05, 0) is 25.8 Å². The highest BCUT2D eigenvalue weighted by atomic mass is 35.5. The predicted molar refractivity (Wildman–Crippen MR) is 120 cm³/mol. The van der Waals surface area contributed by atoms with E-state index in [4.69, 9.17) is 16.3 Å². The Hall–Kier alpha value is -2.97. The number of ketones is 1. The number of pyridine rings is 1. The van der Waals surface area contributed by atoms with E-state index in [1.54, 1.807) is 13.2 Å². The first kappa shape index (κ1) is 23.2. The van der Waals surface area contributed by atoms with E-state index >= 15 is 0 Å². The summed E-state index contributed by atoms with van der Waals surface area (Å²) < 4.78 is 21.1. The van der Waals surface area contributed by atoms with Crippen molar-refractivity contribution >= 4 is 23.3 Å². The molecule has 0 bridgehead atoms. The van der Waals surface area contributed by atoms with Gasteiger partial charge in [0.2, 0.25) is 5.43 Å². The Morgan fingerprint density at radius 2 is 2.12 bits per heavy atom. The Labute approximate surface area is 194 Å². The van der Waals surface area contributed by atoms with Gasteiger partial charge in [0.1, 0.15) is 17.1 Å². The van der Waals surface area contributed by atoms with Crippen molar-refractivity contribution in [2.75, 3.05) is 7.11 Å². The summed E-state index contributed by atoms with van der Waals surface area (Å²) in [4.78, 5) is 38.5. The summed E-state index contributed by atoms with van der Waals surface area (Å²) >= 11 is 5.77. The minimum absolute atomic E-state index is 0.0555. The number of ether oxygens (including phenoxy) is 1. The molecule has 0 atom stereocenters. The van der Waals surface area contributed by atoms with Crippen molar-refractivity contribution in [3.63, 3.8) is 0 Å². The van der Waals surface area contributed by atoms with Crippen LogP contribution in [0.1, 0.15) is 52.6 Å².